The highest BCUT2D eigenvalue weighted by Crippen LogP contribution is 2.33. The van der Waals surface area contributed by atoms with E-state index in [9.17, 15) is 5.11 Å². The van der Waals surface area contributed by atoms with E-state index in [-0.39, 0.29) is 6.10 Å². The third-order valence-corrected chi connectivity index (χ3v) is 3.15. The van der Waals surface area contributed by atoms with Crippen molar-refractivity contribution in [2.24, 2.45) is 0 Å². The van der Waals surface area contributed by atoms with Gasteiger partial charge < -0.3 is 20.5 Å². The molecule has 0 atom stereocenters. The number of para-hydroxylation sites is 1. The summed E-state index contributed by atoms with van der Waals surface area (Å²) < 4.78 is 5.49. The molecule has 0 aliphatic carbocycles. The first-order valence-corrected chi connectivity index (χ1v) is 6.16. The first kappa shape index (κ1) is 12.0. The normalized spacial score (nSPS) is 17.2. The molecule has 2 rings (SSSR count). The summed E-state index contributed by atoms with van der Waals surface area (Å²) >= 11 is 0. The van der Waals surface area contributed by atoms with Crippen LogP contribution in [-0.2, 0) is 0 Å². The van der Waals surface area contributed by atoms with Gasteiger partial charge >= 0.3 is 0 Å². The quantitative estimate of drug-likeness (QED) is 0.783. The average molecular weight is 236 g/mol. The number of nitrogens with two attached hydrogens (primary N) is 1. The predicted molar refractivity (Wildman–Crippen MR) is 69.5 cm³/mol. The summed E-state index contributed by atoms with van der Waals surface area (Å²) in [6, 6.07) is 5.86. The molecule has 94 valence electrons. The van der Waals surface area contributed by atoms with Gasteiger partial charge in [-0.25, -0.2) is 0 Å². The Labute approximate surface area is 102 Å². The van der Waals surface area contributed by atoms with E-state index in [0.29, 0.717) is 12.3 Å². The Balaban J connectivity index is 2.17. The van der Waals surface area contributed by atoms with E-state index in [0.717, 1.165) is 37.4 Å². The summed E-state index contributed by atoms with van der Waals surface area (Å²) in [7, 11) is 0. The van der Waals surface area contributed by atoms with E-state index in [1.807, 2.05) is 25.1 Å². The Bertz CT molecular complexity index is 374. The van der Waals surface area contributed by atoms with Crippen LogP contribution in [0.5, 0.6) is 5.75 Å². The highest BCUT2D eigenvalue weighted by Gasteiger charge is 2.19. The maximum Gasteiger partial charge on any atom is 0.144 e. The Morgan fingerprint density at radius 2 is 2.12 bits per heavy atom. The Morgan fingerprint density at radius 1 is 1.41 bits per heavy atom. The minimum absolute atomic E-state index is 0.164. The first-order chi connectivity index (χ1) is 8.22. The zero-order valence-corrected chi connectivity index (χ0v) is 10.2. The van der Waals surface area contributed by atoms with Gasteiger partial charge in [-0.2, -0.15) is 0 Å². The number of nitrogen functional groups attached to an aromatic ring is 1. The number of ether oxygens (including phenoxy) is 1. The van der Waals surface area contributed by atoms with Crippen LogP contribution in [0.4, 0.5) is 11.4 Å². The number of rotatable bonds is 3. The summed E-state index contributed by atoms with van der Waals surface area (Å²) in [4.78, 5) is 2.21. The largest absolute Gasteiger partial charge is 0.492 e. The number of piperidine rings is 1. The van der Waals surface area contributed by atoms with E-state index in [2.05, 4.69) is 4.90 Å². The molecule has 1 heterocycles. The lowest BCUT2D eigenvalue weighted by molar-refractivity contribution is 0.145. The van der Waals surface area contributed by atoms with E-state index < -0.39 is 0 Å². The summed E-state index contributed by atoms with van der Waals surface area (Å²) in [5.74, 6) is 0.746. The third-order valence-electron chi connectivity index (χ3n) is 3.15. The molecule has 3 N–H and O–H groups in total. The van der Waals surface area contributed by atoms with Gasteiger partial charge in [-0.05, 0) is 31.9 Å². The molecule has 0 amide bonds. The molecular weight excluding hydrogens is 216 g/mol. The molecule has 0 radical (unpaired) electrons. The van der Waals surface area contributed by atoms with Crippen molar-refractivity contribution in [3.63, 3.8) is 0 Å². The number of hydrogen-bond acceptors (Lipinski definition) is 4. The van der Waals surface area contributed by atoms with Gasteiger partial charge in [0.2, 0.25) is 0 Å². The molecule has 1 fully saturated rings. The fraction of sp³-hybridized carbons (Fsp3) is 0.538. The zero-order valence-electron chi connectivity index (χ0n) is 10.2. The average Bonchev–Trinajstić information content (AvgIpc) is 2.34. The second-order valence-corrected chi connectivity index (χ2v) is 4.34. The van der Waals surface area contributed by atoms with Crippen molar-refractivity contribution < 1.29 is 9.84 Å². The van der Waals surface area contributed by atoms with Crippen molar-refractivity contribution in [1.82, 2.24) is 0 Å². The van der Waals surface area contributed by atoms with Gasteiger partial charge in [0, 0.05) is 13.1 Å². The van der Waals surface area contributed by atoms with Crippen molar-refractivity contribution in [3.05, 3.63) is 18.2 Å². The van der Waals surface area contributed by atoms with Crippen LogP contribution in [-0.4, -0.2) is 30.9 Å². The van der Waals surface area contributed by atoms with Crippen molar-refractivity contribution in [3.8, 4) is 5.75 Å². The smallest absolute Gasteiger partial charge is 0.144 e. The molecule has 1 aliphatic heterocycles. The van der Waals surface area contributed by atoms with Crippen LogP contribution in [0, 0.1) is 0 Å². The number of aliphatic hydroxyl groups excluding tert-OH is 1. The van der Waals surface area contributed by atoms with Gasteiger partial charge in [0.15, 0.2) is 0 Å². The van der Waals surface area contributed by atoms with Crippen LogP contribution < -0.4 is 15.4 Å². The first-order valence-electron chi connectivity index (χ1n) is 6.16. The molecule has 0 aromatic heterocycles. The highest BCUT2D eigenvalue weighted by molar-refractivity contribution is 5.74. The second-order valence-electron chi connectivity index (χ2n) is 4.34. The summed E-state index contributed by atoms with van der Waals surface area (Å²) in [6.45, 7) is 4.26. The van der Waals surface area contributed by atoms with Gasteiger partial charge in [0.25, 0.3) is 0 Å². The SMILES string of the molecule is CCOc1cccc(N2CCC(O)CC2)c1N. The van der Waals surface area contributed by atoms with E-state index in [4.69, 9.17) is 10.5 Å². The molecule has 0 spiro atoms. The van der Waals surface area contributed by atoms with Crippen molar-refractivity contribution in [2.45, 2.75) is 25.9 Å². The van der Waals surface area contributed by atoms with E-state index in [1.54, 1.807) is 0 Å². The molecule has 1 aromatic carbocycles. The van der Waals surface area contributed by atoms with E-state index in [1.165, 1.54) is 0 Å². The van der Waals surface area contributed by atoms with Gasteiger partial charge in [-0.3, -0.25) is 0 Å². The number of benzene rings is 1. The summed E-state index contributed by atoms with van der Waals surface area (Å²) in [5.41, 5.74) is 7.82. The number of aliphatic hydroxyl groups is 1. The molecule has 0 unspecified atom stereocenters. The van der Waals surface area contributed by atoms with Crippen LogP contribution >= 0.6 is 0 Å². The third kappa shape index (κ3) is 2.64. The van der Waals surface area contributed by atoms with E-state index >= 15 is 0 Å². The number of hydrogen-bond donors (Lipinski definition) is 2. The van der Waals surface area contributed by atoms with Gasteiger partial charge in [-0.1, -0.05) is 6.07 Å². The molecule has 0 bridgehead atoms. The Kier molecular flexibility index (Phi) is 3.74. The van der Waals surface area contributed by atoms with Gasteiger partial charge in [0.1, 0.15) is 5.75 Å². The van der Waals surface area contributed by atoms with Gasteiger partial charge in [-0.15, -0.1) is 0 Å². The topological polar surface area (TPSA) is 58.7 Å². The maximum atomic E-state index is 9.50. The molecule has 1 saturated heterocycles. The highest BCUT2D eigenvalue weighted by atomic mass is 16.5. The Hall–Kier alpha value is -1.42. The standard InChI is InChI=1S/C13H20N2O2/c1-2-17-12-5-3-4-11(13(12)14)15-8-6-10(16)7-9-15/h3-5,10,16H,2,6-9,14H2,1H3. The Morgan fingerprint density at radius 3 is 2.76 bits per heavy atom. The molecule has 17 heavy (non-hydrogen) atoms. The lowest BCUT2D eigenvalue weighted by Crippen LogP contribution is -2.36. The number of anilines is 2. The maximum absolute atomic E-state index is 9.50. The molecule has 0 saturated carbocycles. The minimum atomic E-state index is -0.164. The fourth-order valence-electron chi connectivity index (χ4n) is 2.20. The lowest BCUT2D eigenvalue weighted by atomic mass is 10.1. The summed E-state index contributed by atoms with van der Waals surface area (Å²) in [6.07, 6.45) is 1.44. The van der Waals surface area contributed by atoms with Crippen molar-refractivity contribution in [1.29, 1.82) is 0 Å². The van der Waals surface area contributed by atoms with Crippen LogP contribution in [0.2, 0.25) is 0 Å². The lowest BCUT2D eigenvalue weighted by Gasteiger charge is -2.32. The molecule has 1 aromatic rings. The summed E-state index contributed by atoms with van der Waals surface area (Å²) in [5, 5.41) is 9.50. The molecular formula is C13H20N2O2. The monoisotopic (exact) mass is 236 g/mol. The van der Waals surface area contributed by atoms with Crippen LogP contribution in [0.1, 0.15) is 19.8 Å². The fourth-order valence-corrected chi connectivity index (χ4v) is 2.20. The van der Waals surface area contributed by atoms with Crippen LogP contribution in [0.15, 0.2) is 18.2 Å². The zero-order chi connectivity index (χ0) is 12.3. The van der Waals surface area contributed by atoms with Crippen molar-refractivity contribution in [2.75, 3.05) is 30.3 Å². The van der Waals surface area contributed by atoms with Gasteiger partial charge in [0.05, 0.1) is 24.1 Å². The number of nitrogens with zero attached hydrogens (tertiary/aromatic N) is 1. The molecule has 4 heteroatoms. The van der Waals surface area contributed by atoms with Crippen molar-refractivity contribution >= 4 is 11.4 Å². The molecule has 1 aliphatic rings. The molecule has 4 nitrogen and oxygen atoms in total. The van der Waals surface area contributed by atoms with Crippen LogP contribution in [0.25, 0.3) is 0 Å². The second kappa shape index (κ2) is 5.27. The minimum Gasteiger partial charge on any atom is -0.492 e. The van der Waals surface area contributed by atoms with Crippen LogP contribution in [0.3, 0.4) is 0 Å². The predicted octanol–water partition coefficient (Wildman–Crippen LogP) is 1.63.